The van der Waals surface area contributed by atoms with E-state index in [0.29, 0.717) is 25.5 Å². The van der Waals surface area contributed by atoms with E-state index in [4.69, 9.17) is 14.2 Å². The first-order valence-electron chi connectivity index (χ1n) is 9.88. The lowest BCUT2D eigenvalue weighted by Gasteiger charge is -2.12. The van der Waals surface area contributed by atoms with Crippen LogP contribution in [-0.2, 0) is 9.47 Å². The molecule has 1 aromatic rings. The quantitative estimate of drug-likeness (QED) is 0.331. The molecule has 152 valence electrons. The number of nitrogens with one attached hydrogen (secondary N) is 2. The van der Waals surface area contributed by atoms with Crippen LogP contribution in [-0.4, -0.2) is 58.1 Å². The fraction of sp³-hybridized carbons (Fsp3) is 0.650. The minimum atomic E-state index is -0.259. The number of hydrogen-bond donors (Lipinski definition) is 2. The number of halogens is 1. The molecule has 1 unspecified atom stereocenters. The Labute approximate surface area is 161 Å². The molecular weight excluding hydrogens is 349 g/mol. The Bertz CT molecular complexity index is 534. The lowest BCUT2D eigenvalue weighted by Crippen LogP contribution is -2.38. The third kappa shape index (κ3) is 9.58. The van der Waals surface area contributed by atoms with Crippen molar-refractivity contribution in [3.8, 4) is 5.75 Å². The number of nitrogens with zero attached hydrogens (tertiary/aromatic N) is 1. The van der Waals surface area contributed by atoms with Gasteiger partial charge < -0.3 is 24.8 Å². The van der Waals surface area contributed by atoms with Gasteiger partial charge in [0, 0.05) is 39.3 Å². The zero-order valence-electron chi connectivity index (χ0n) is 16.2. The van der Waals surface area contributed by atoms with Crippen molar-refractivity contribution in [3.05, 3.63) is 30.1 Å². The molecule has 0 bridgehead atoms. The molecule has 27 heavy (non-hydrogen) atoms. The Morgan fingerprint density at radius 3 is 2.81 bits per heavy atom. The monoisotopic (exact) mass is 381 g/mol. The summed E-state index contributed by atoms with van der Waals surface area (Å²) < 4.78 is 29.6. The van der Waals surface area contributed by atoms with Gasteiger partial charge in [0.1, 0.15) is 11.6 Å². The zero-order chi connectivity index (χ0) is 19.2. The van der Waals surface area contributed by atoms with Gasteiger partial charge in [0.15, 0.2) is 5.96 Å². The van der Waals surface area contributed by atoms with Crippen LogP contribution in [0.5, 0.6) is 5.75 Å². The standard InChI is InChI=1S/C20H32FN3O3/c1-2-22-20(23-11-4-13-25-16-19-6-3-14-27-19)24-12-5-15-26-18-9-7-17(21)8-10-18/h7-10,19H,2-6,11-16H2,1H3,(H2,22,23,24). The average molecular weight is 381 g/mol. The van der Waals surface area contributed by atoms with Crippen LogP contribution in [0, 0.1) is 5.82 Å². The van der Waals surface area contributed by atoms with Crippen LogP contribution in [0.3, 0.4) is 0 Å². The van der Waals surface area contributed by atoms with Crippen molar-refractivity contribution in [2.75, 3.05) is 46.1 Å². The Kier molecular flexibility index (Phi) is 10.6. The van der Waals surface area contributed by atoms with E-state index in [-0.39, 0.29) is 11.9 Å². The molecule has 0 radical (unpaired) electrons. The fourth-order valence-electron chi connectivity index (χ4n) is 2.69. The van der Waals surface area contributed by atoms with Gasteiger partial charge in [-0.3, -0.25) is 4.99 Å². The van der Waals surface area contributed by atoms with Gasteiger partial charge in [-0.2, -0.15) is 0 Å². The molecule has 0 spiro atoms. The van der Waals surface area contributed by atoms with Gasteiger partial charge >= 0.3 is 0 Å². The van der Waals surface area contributed by atoms with Crippen molar-refractivity contribution < 1.29 is 18.6 Å². The van der Waals surface area contributed by atoms with E-state index in [1.807, 2.05) is 6.92 Å². The first-order chi connectivity index (χ1) is 13.3. The van der Waals surface area contributed by atoms with Crippen molar-refractivity contribution in [2.24, 2.45) is 4.99 Å². The van der Waals surface area contributed by atoms with Crippen molar-refractivity contribution in [1.29, 1.82) is 0 Å². The highest BCUT2D eigenvalue weighted by Gasteiger charge is 2.14. The van der Waals surface area contributed by atoms with Crippen LogP contribution in [0.25, 0.3) is 0 Å². The molecule has 1 saturated heterocycles. The maximum Gasteiger partial charge on any atom is 0.191 e. The predicted octanol–water partition coefficient (Wildman–Crippen LogP) is 2.74. The molecule has 1 aromatic carbocycles. The minimum Gasteiger partial charge on any atom is -0.494 e. The molecular formula is C20H32FN3O3. The van der Waals surface area contributed by atoms with Gasteiger partial charge in [-0.15, -0.1) is 0 Å². The van der Waals surface area contributed by atoms with Gasteiger partial charge in [0.25, 0.3) is 0 Å². The molecule has 1 heterocycles. The summed E-state index contributed by atoms with van der Waals surface area (Å²) in [6.07, 6.45) is 4.25. The van der Waals surface area contributed by atoms with E-state index in [2.05, 4.69) is 15.6 Å². The SMILES string of the molecule is CCNC(=NCCCOc1ccc(F)cc1)NCCCOCC1CCCO1. The van der Waals surface area contributed by atoms with Gasteiger partial charge in [-0.1, -0.05) is 0 Å². The van der Waals surface area contributed by atoms with Crippen LogP contribution in [0.1, 0.15) is 32.6 Å². The summed E-state index contributed by atoms with van der Waals surface area (Å²) in [5, 5.41) is 6.54. The summed E-state index contributed by atoms with van der Waals surface area (Å²) in [5.41, 5.74) is 0. The highest BCUT2D eigenvalue weighted by Crippen LogP contribution is 2.12. The summed E-state index contributed by atoms with van der Waals surface area (Å²) in [6, 6.07) is 6.05. The second kappa shape index (κ2) is 13.3. The van der Waals surface area contributed by atoms with E-state index in [9.17, 15) is 4.39 Å². The normalized spacial score (nSPS) is 17.1. The molecule has 1 fully saturated rings. The molecule has 1 atom stereocenters. The second-order valence-electron chi connectivity index (χ2n) is 6.41. The highest BCUT2D eigenvalue weighted by atomic mass is 19.1. The highest BCUT2D eigenvalue weighted by molar-refractivity contribution is 5.79. The zero-order valence-corrected chi connectivity index (χ0v) is 16.2. The molecule has 2 N–H and O–H groups in total. The molecule has 1 aliphatic heterocycles. The smallest absolute Gasteiger partial charge is 0.191 e. The molecule has 0 amide bonds. The van der Waals surface area contributed by atoms with E-state index >= 15 is 0 Å². The number of hydrogen-bond acceptors (Lipinski definition) is 4. The third-order valence-electron chi connectivity index (χ3n) is 4.08. The summed E-state index contributed by atoms with van der Waals surface area (Å²) in [4.78, 5) is 4.53. The lowest BCUT2D eigenvalue weighted by molar-refractivity contribution is 0.0168. The summed E-state index contributed by atoms with van der Waals surface area (Å²) in [7, 11) is 0. The molecule has 0 aliphatic carbocycles. The van der Waals surface area contributed by atoms with E-state index in [1.165, 1.54) is 12.1 Å². The number of ether oxygens (including phenoxy) is 3. The second-order valence-corrected chi connectivity index (χ2v) is 6.41. The van der Waals surface area contributed by atoms with Crippen molar-refractivity contribution >= 4 is 5.96 Å². The predicted molar refractivity (Wildman–Crippen MR) is 105 cm³/mol. The van der Waals surface area contributed by atoms with Crippen LogP contribution in [0.15, 0.2) is 29.3 Å². The number of aliphatic imine (C=N–C) groups is 1. The Hall–Kier alpha value is -1.86. The average Bonchev–Trinajstić information content (AvgIpc) is 3.19. The van der Waals surface area contributed by atoms with E-state index in [1.54, 1.807) is 12.1 Å². The van der Waals surface area contributed by atoms with Crippen LogP contribution >= 0.6 is 0 Å². The number of guanidine groups is 1. The number of benzene rings is 1. The lowest BCUT2D eigenvalue weighted by atomic mass is 10.2. The first kappa shape index (κ1) is 21.4. The largest absolute Gasteiger partial charge is 0.494 e. The molecule has 1 aliphatic rings. The molecule has 6 nitrogen and oxygen atoms in total. The Morgan fingerprint density at radius 1 is 1.22 bits per heavy atom. The maximum absolute atomic E-state index is 12.8. The van der Waals surface area contributed by atoms with E-state index in [0.717, 1.165) is 57.9 Å². The summed E-state index contributed by atoms with van der Waals surface area (Å²) in [5.74, 6) is 1.22. The van der Waals surface area contributed by atoms with Gasteiger partial charge in [-0.25, -0.2) is 4.39 Å². The third-order valence-corrected chi connectivity index (χ3v) is 4.08. The van der Waals surface area contributed by atoms with Crippen LogP contribution in [0.4, 0.5) is 4.39 Å². The number of rotatable bonds is 12. The van der Waals surface area contributed by atoms with Gasteiger partial charge in [0.2, 0.25) is 0 Å². The Balaban J connectivity index is 1.52. The Morgan fingerprint density at radius 2 is 2.07 bits per heavy atom. The van der Waals surface area contributed by atoms with Crippen molar-refractivity contribution in [2.45, 2.75) is 38.7 Å². The van der Waals surface area contributed by atoms with E-state index < -0.39 is 0 Å². The van der Waals surface area contributed by atoms with Gasteiger partial charge in [-0.05, 0) is 50.5 Å². The topological polar surface area (TPSA) is 64.1 Å². The molecule has 0 saturated carbocycles. The molecule has 2 rings (SSSR count). The maximum atomic E-state index is 12.8. The summed E-state index contributed by atoms with van der Waals surface area (Å²) >= 11 is 0. The summed E-state index contributed by atoms with van der Waals surface area (Å²) in [6.45, 7) is 7.15. The first-order valence-corrected chi connectivity index (χ1v) is 9.88. The molecule has 7 heteroatoms. The molecule has 0 aromatic heterocycles. The van der Waals surface area contributed by atoms with Gasteiger partial charge in [0.05, 0.1) is 19.3 Å². The van der Waals surface area contributed by atoms with Crippen LogP contribution < -0.4 is 15.4 Å². The van der Waals surface area contributed by atoms with Crippen molar-refractivity contribution in [3.63, 3.8) is 0 Å². The minimum absolute atomic E-state index is 0.259. The fourth-order valence-corrected chi connectivity index (χ4v) is 2.69. The van der Waals surface area contributed by atoms with Crippen LogP contribution in [0.2, 0.25) is 0 Å². The van der Waals surface area contributed by atoms with Crippen molar-refractivity contribution in [1.82, 2.24) is 10.6 Å².